The lowest BCUT2D eigenvalue weighted by molar-refractivity contribution is -0.127. The molecule has 0 bridgehead atoms. The van der Waals surface area contributed by atoms with E-state index in [2.05, 4.69) is 10.6 Å². The molecule has 0 aromatic carbocycles. The Kier molecular flexibility index (Phi) is 10.1. The second kappa shape index (κ2) is 10.6. The monoisotopic (exact) mass is 394 g/mol. The molecule has 0 saturated heterocycles. The van der Waals surface area contributed by atoms with Crippen molar-refractivity contribution in [3.8, 4) is 0 Å². The fourth-order valence-corrected chi connectivity index (χ4v) is 3.80. The molecule has 2 N–H and O–H groups in total. The maximum atomic E-state index is 12.9. The van der Waals surface area contributed by atoms with Crippen LogP contribution in [0.1, 0.15) is 54.9 Å². The first-order valence-corrected chi connectivity index (χ1v) is 10.2. The van der Waals surface area contributed by atoms with Gasteiger partial charge in [-0.1, -0.05) is 6.92 Å². The number of rotatable bonds is 10. The number of ketones is 1. The van der Waals surface area contributed by atoms with Crippen LogP contribution in [-0.2, 0) is 27.9 Å². The van der Waals surface area contributed by atoms with Crippen LogP contribution >= 0.6 is 7.60 Å². The predicted octanol–water partition coefficient (Wildman–Crippen LogP) is 2.59. The molecule has 0 aliphatic rings. The lowest BCUT2D eigenvalue weighted by atomic mass is 10.2. The van der Waals surface area contributed by atoms with E-state index in [1.807, 2.05) is 0 Å². The van der Waals surface area contributed by atoms with Crippen molar-refractivity contribution in [2.75, 3.05) is 13.2 Å². The number of carbonyl (C=O) groups excluding carboxylic acids is 3. The standard InChI is InChI=1S/C16H31N2O7P/c1-8-12(19)14(26(22,23-9-2)24-10-3)18-13(20)11(4)17-15(21)25-16(5,6)7/h11,14H,8-10H2,1-7H3,(H,17,21)(H,18,20)/t11-,14?/m1/s1. The van der Waals surface area contributed by atoms with Gasteiger partial charge in [-0.15, -0.1) is 0 Å². The van der Waals surface area contributed by atoms with E-state index in [1.54, 1.807) is 41.5 Å². The zero-order valence-electron chi connectivity index (χ0n) is 16.6. The Balaban J connectivity index is 5.22. The van der Waals surface area contributed by atoms with E-state index in [0.717, 1.165) is 0 Å². The van der Waals surface area contributed by atoms with Crippen LogP contribution in [0.15, 0.2) is 0 Å². The summed E-state index contributed by atoms with van der Waals surface area (Å²) >= 11 is 0. The van der Waals surface area contributed by atoms with E-state index >= 15 is 0 Å². The third-order valence-electron chi connectivity index (χ3n) is 2.99. The highest BCUT2D eigenvalue weighted by atomic mass is 31.2. The second-order valence-corrected chi connectivity index (χ2v) is 8.59. The van der Waals surface area contributed by atoms with Gasteiger partial charge < -0.3 is 24.4 Å². The van der Waals surface area contributed by atoms with Gasteiger partial charge in [-0.25, -0.2) is 4.79 Å². The molecule has 0 aromatic rings. The maximum absolute atomic E-state index is 12.9. The van der Waals surface area contributed by atoms with Gasteiger partial charge in [-0.05, 0) is 41.5 Å². The van der Waals surface area contributed by atoms with Crippen LogP contribution in [-0.4, -0.2) is 48.4 Å². The van der Waals surface area contributed by atoms with Gasteiger partial charge in [0.05, 0.1) is 13.2 Å². The number of amides is 2. The van der Waals surface area contributed by atoms with Crippen LogP contribution in [0.2, 0.25) is 0 Å². The smallest absolute Gasteiger partial charge is 0.408 e. The van der Waals surface area contributed by atoms with Crippen LogP contribution < -0.4 is 10.6 Å². The molecule has 1 unspecified atom stereocenters. The third-order valence-corrected chi connectivity index (χ3v) is 5.28. The van der Waals surface area contributed by atoms with Crippen LogP contribution in [0.25, 0.3) is 0 Å². The summed E-state index contributed by atoms with van der Waals surface area (Å²) in [4.78, 5) is 36.3. The average Bonchev–Trinajstić information content (AvgIpc) is 2.49. The van der Waals surface area contributed by atoms with Crippen molar-refractivity contribution in [1.29, 1.82) is 0 Å². The van der Waals surface area contributed by atoms with Gasteiger partial charge in [0.15, 0.2) is 11.6 Å². The Morgan fingerprint density at radius 2 is 1.50 bits per heavy atom. The van der Waals surface area contributed by atoms with Gasteiger partial charge in [-0.3, -0.25) is 14.2 Å². The van der Waals surface area contributed by atoms with Crippen molar-refractivity contribution < 1.29 is 32.7 Å². The topological polar surface area (TPSA) is 120 Å². The van der Waals surface area contributed by atoms with Crippen molar-refractivity contribution >= 4 is 25.4 Å². The lowest BCUT2D eigenvalue weighted by Gasteiger charge is -2.27. The quantitative estimate of drug-likeness (QED) is 0.546. The third kappa shape index (κ3) is 8.29. The van der Waals surface area contributed by atoms with Crippen molar-refractivity contribution in [2.45, 2.75) is 72.3 Å². The predicted molar refractivity (Wildman–Crippen MR) is 96.9 cm³/mol. The summed E-state index contributed by atoms with van der Waals surface area (Å²) in [6, 6.07) is -1.02. The van der Waals surface area contributed by atoms with E-state index in [9.17, 15) is 18.9 Å². The van der Waals surface area contributed by atoms with Gasteiger partial charge in [0.1, 0.15) is 11.6 Å². The summed E-state index contributed by atoms with van der Waals surface area (Å²) in [5.74, 6) is -2.64. The van der Waals surface area contributed by atoms with Crippen molar-refractivity contribution in [3.63, 3.8) is 0 Å². The zero-order chi connectivity index (χ0) is 20.5. The maximum Gasteiger partial charge on any atom is 0.408 e. The molecule has 26 heavy (non-hydrogen) atoms. The molecule has 0 fully saturated rings. The summed E-state index contributed by atoms with van der Waals surface area (Å²) in [5, 5.41) is 4.73. The summed E-state index contributed by atoms with van der Waals surface area (Å²) in [7, 11) is -3.89. The molecule has 0 rings (SSSR count). The Bertz CT molecular complexity index is 535. The molecule has 0 aliphatic carbocycles. The summed E-state index contributed by atoms with van der Waals surface area (Å²) in [6.07, 6.45) is -0.750. The fourth-order valence-electron chi connectivity index (χ4n) is 1.89. The average molecular weight is 394 g/mol. The summed E-state index contributed by atoms with van der Waals surface area (Å²) in [5.41, 5.74) is -0.722. The van der Waals surface area contributed by atoms with E-state index in [4.69, 9.17) is 13.8 Å². The highest BCUT2D eigenvalue weighted by Gasteiger charge is 2.42. The molecular weight excluding hydrogens is 363 g/mol. The number of ether oxygens (including phenoxy) is 1. The van der Waals surface area contributed by atoms with E-state index in [-0.39, 0.29) is 19.6 Å². The molecular formula is C16H31N2O7P. The number of Topliss-reactive ketones (excluding diaryl/α,β-unsaturated/α-hetero) is 1. The zero-order valence-corrected chi connectivity index (χ0v) is 17.5. The molecule has 0 aromatic heterocycles. The van der Waals surface area contributed by atoms with Gasteiger partial charge in [0.25, 0.3) is 0 Å². The van der Waals surface area contributed by atoms with Crippen molar-refractivity contribution in [3.05, 3.63) is 0 Å². The summed E-state index contributed by atoms with van der Waals surface area (Å²) < 4.78 is 28.3. The van der Waals surface area contributed by atoms with Crippen molar-refractivity contribution in [1.82, 2.24) is 10.6 Å². The molecule has 152 valence electrons. The number of carbonyl (C=O) groups is 3. The first kappa shape index (κ1) is 24.6. The van der Waals surface area contributed by atoms with Crippen LogP contribution in [0, 0.1) is 0 Å². The Morgan fingerprint density at radius 3 is 1.88 bits per heavy atom. The van der Waals surface area contributed by atoms with E-state index in [1.165, 1.54) is 6.92 Å². The van der Waals surface area contributed by atoms with Crippen LogP contribution in [0.4, 0.5) is 4.79 Å². The molecule has 9 nitrogen and oxygen atoms in total. The first-order valence-electron chi connectivity index (χ1n) is 8.61. The van der Waals surface area contributed by atoms with Crippen LogP contribution in [0.3, 0.4) is 0 Å². The molecule has 0 spiro atoms. The van der Waals surface area contributed by atoms with Crippen LogP contribution in [0.5, 0.6) is 0 Å². The van der Waals surface area contributed by atoms with Gasteiger partial charge in [0, 0.05) is 6.42 Å². The highest BCUT2D eigenvalue weighted by Crippen LogP contribution is 2.52. The molecule has 0 radical (unpaired) electrons. The number of hydrogen-bond donors (Lipinski definition) is 2. The molecule has 0 aliphatic heterocycles. The number of nitrogens with one attached hydrogen (secondary N) is 2. The second-order valence-electron chi connectivity index (χ2n) is 6.47. The highest BCUT2D eigenvalue weighted by molar-refractivity contribution is 7.55. The largest absolute Gasteiger partial charge is 0.444 e. The molecule has 2 amide bonds. The Hall–Kier alpha value is -1.44. The molecule has 10 heteroatoms. The van der Waals surface area contributed by atoms with Gasteiger partial charge in [0.2, 0.25) is 5.91 Å². The number of alkyl carbamates (subject to hydrolysis) is 1. The lowest BCUT2D eigenvalue weighted by Crippen LogP contribution is -2.51. The SMILES string of the molecule is CCOP(=O)(OCC)C(NC(=O)[C@@H](C)NC(=O)OC(C)(C)C)C(=O)CC. The minimum absolute atomic E-state index is 0.0307. The molecule has 2 atom stereocenters. The normalized spacial score (nSPS) is 14.3. The van der Waals surface area contributed by atoms with Gasteiger partial charge >= 0.3 is 13.7 Å². The minimum Gasteiger partial charge on any atom is -0.444 e. The fraction of sp³-hybridized carbons (Fsp3) is 0.812. The first-order chi connectivity index (χ1) is 11.9. The molecule has 0 saturated carbocycles. The summed E-state index contributed by atoms with van der Waals surface area (Å²) in [6.45, 7) is 11.4. The molecule has 0 heterocycles. The number of hydrogen-bond acceptors (Lipinski definition) is 7. The van der Waals surface area contributed by atoms with Crippen molar-refractivity contribution in [2.24, 2.45) is 0 Å². The van der Waals surface area contributed by atoms with E-state index in [0.29, 0.717) is 0 Å². The Labute approximate surface area is 155 Å². The van der Waals surface area contributed by atoms with E-state index < -0.39 is 42.8 Å². The van der Waals surface area contributed by atoms with Gasteiger partial charge in [-0.2, -0.15) is 0 Å². The minimum atomic E-state index is -3.89. The Morgan fingerprint density at radius 1 is 1.00 bits per heavy atom.